The molecule has 14 heteroatoms. The number of alkyl halides is 3. The number of aryl methyl sites for hydroxylation is 2. The summed E-state index contributed by atoms with van der Waals surface area (Å²) in [7, 11) is -3.86. The Balaban J connectivity index is 0.000000587. The van der Waals surface area contributed by atoms with E-state index in [0.717, 1.165) is 11.3 Å². The maximum absolute atomic E-state index is 12.7. The van der Waals surface area contributed by atoms with E-state index in [0.29, 0.717) is 25.5 Å². The van der Waals surface area contributed by atoms with Gasteiger partial charge in [-0.25, -0.2) is 23.0 Å². The second-order valence-corrected chi connectivity index (χ2v) is 11.1. The minimum Gasteiger partial charge on any atom is -0.478 e. The predicted molar refractivity (Wildman–Crippen MR) is 147 cm³/mol. The Labute approximate surface area is 235 Å². The van der Waals surface area contributed by atoms with E-state index in [4.69, 9.17) is 9.90 Å². The molecule has 1 unspecified atom stereocenters. The van der Waals surface area contributed by atoms with Crippen molar-refractivity contribution >= 4 is 39.2 Å². The molecule has 4 rings (SSSR count). The zero-order valence-corrected chi connectivity index (χ0v) is 23.2. The Hall–Kier alpha value is -4.33. The number of anilines is 3. The van der Waals surface area contributed by atoms with Crippen molar-refractivity contribution < 1.29 is 41.4 Å². The third-order valence-electron chi connectivity index (χ3n) is 6.18. The number of pyridine rings is 1. The normalized spacial score (nSPS) is 15.5. The molecule has 0 spiro atoms. The van der Waals surface area contributed by atoms with Gasteiger partial charge in [-0.3, -0.25) is 4.72 Å². The van der Waals surface area contributed by atoms with Crippen molar-refractivity contribution in [2.24, 2.45) is 0 Å². The number of nitrogens with zero attached hydrogens (tertiary/aromatic N) is 3. The lowest BCUT2D eigenvalue weighted by molar-refractivity contribution is -0.192. The fourth-order valence-corrected chi connectivity index (χ4v) is 5.23. The molecule has 0 aliphatic carbocycles. The number of rotatable bonds is 6. The quantitative estimate of drug-likeness (QED) is 0.375. The summed E-state index contributed by atoms with van der Waals surface area (Å²) < 4.78 is 59.6. The van der Waals surface area contributed by atoms with Gasteiger partial charge in [0.25, 0.3) is 10.0 Å². The number of nitrogens with one attached hydrogen (secondary N) is 1. The van der Waals surface area contributed by atoms with Crippen LogP contribution in [0.15, 0.2) is 65.7 Å². The standard InChI is InChI=1S/C25H28N4O4S.C2HF3O2/c1-17-7-9-22(10-8-17)34(32,33)27-20-14-23(25(30)31)24(26-15-20)28-11-12-29(19(3)16-28)21-6-4-5-18(2)13-21;3-2(4,5)1(6)7/h4-10,13-15,19,27H,11-12,16H2,1-3H3,(H,30,31);(H,6,7). The molecule has 1 atom stereocenters. The SMILES string of the molecule is Cc1ccc(S(=O)(=O)Nc2cnc(N3CCN(c4cccc(C)c4)C(C)C3)c(C(=O)O)c2)cc1.O=C(O)C(F)(F)F. The Morgan fingerprint density at radius 3 is 2.17 bits per heavy atom. The van der Waals surface area contributed by atoms with Crippen LogP contribution in [0.5, 0.6) is 0 Å². The number of carbonyl (C=O) groups is 2. The maximum atomic E-state index is 12.7. The minimum atomic E-state index is -5.08. The number of carboxylic acid groups (broad SMARTS) is 2. The van der Waals surface area contributed by atoms with E-state index in [1.807, 2.05) is 17.9 Å². The van der Waals surface area contributed by atoms with Gasteiger partial charge in [0.15, 0.2) is 0 Å². The van der Waals surface area contributed by atoms with E-state index in [1.54, 1.807) is 12.1 Å². The molecule has 0 saturated carbocycles. The van der Waals surface area contributed by atoms with Gasteiger partial charge < -0.3 is 20.0 Å². The van der Waals surface area contributed by atoms with E-state index in [-0.39, 0.29) is 22.2 Å². The first-order valence-electron chi connectivity index (χ1n) is 12.3. The van der Waals surface area contributed by atoms with Crippen LogP contribution in [0.3, 0.4) is 0 Å². The van der Waals surface area contributed by atoms with Crippen molar-refractivity contribution in [2.45, 2.75) is 37.9 Å². The molecule has 3 aromatic rings. The first-order valence-corrected chi connectivity index (χ1v) is 13.8. The number of halogens is 3. The molecule has 220 valence electrons. The van der Waals surface area contributed by atoms with E-state index in [1.165, 1.54) is 30.0 Å². The van der Waals surface area contributed by atoms with E-state index in [9.17, 15) is 31.5 Å². The first kappa shape index (κ1) is 31.2. The van der Waals surface area contributed by atoms with Gasteiger partial charge in [-0.15, -0.1) is 0 Å². The fraction of sp³-hybridized carbons (Fsp3) is 0.296. The highest BCUT2D eigenvalue weighted by molar-refractivity contribution is 7.92. The van der Waals surface area contributed by atoms with Gasteiger partial charge in [0.2, 0.25) is 0 Å². The van der Waals surface area contributed by atoms with Crippen molar-refractivity contribution in [3.8, 4) is 0 Å². The lowest BCUT2D eigenvalue weighted by atomic mass is 10.1. The van der Waals surface area contributed by atoms with Crippen molar-refractivity contribution in [2.75, 3.05) is 34.2 Å². The maximum Gasteiger partial charge on any atom is 0.490 e. The number of hydrogen-bond donors (Lipinski definition) is 3. The van der Waals surface area contributed by atoms with Crippen LogP contribution in [-0.4, -0.2) is 67.4 Å². The smallest absolute Gasteiger partial charge is 0.478 e. The first-order chi connectivity index (χ1) is 19.1. The van der Waals surface area contributed by atoms with Crippen LogP contribution < -0.4 is 14.5 Å². The molecule has 3 N–H and O–H groups in total. The van der Waals surface area contributed by atoms with Gasteiger partial charge in [-0.05, 0) is 56.7 Å². The molecular formula is C27H29F3N4O6S. The van der Waals surface area contributed by atoms with Gasteiger partial charge in [-0.2, -0.15) is 13.2 Å². The molecule has 0 bridgehead atoms. The molecule has 41 heavy (non-hydrogen) atoms. The van der Waals surface area contributed by atoms with Crippen molar-refractivity contribution in [3.05, 3.63) is 77.5 Å². The molecule has 2 heterocycles. The summed E-state index contributed by atoms with van der Waals surface area (Å²) in [5.41, 5.74) is 3.33. The fourth-order valence-electron chi connectivity index (χ4n) is 4.19. The number of sulfonamides is 1. The Morgan fingerprint density at radius 1 is 1.00 bits per heavy atom. The zero-order chi connectivity index (χ0) is 30.5. The lowest BCUT2D eigenvalue weighted by Gasteiger charge is -2.42. The molecule has 1 aliphatic rings. The predicted octanol–water partition coefficient (Wildman–Crippen LogP) is 4.55. The topological polar surface area (TPSA) is 140 Å². The number of hydrogen-bond acceptors (Lipinski definition) is 7. The number of aromatic carboxylic acids is 1. The highest BCUT2D eigenvalue weighted by Crippen LogP contribution is 2.28. The summed E-state index contributed by atoms with van der Waals surface area (Å²) in [6.07, 6.45) is -3.72. The molecule has 1 aromatic heterocycles. The number of benzene rings is 2. The van der Waals surface area contributed by atoms with Crippen LogP contribution in [0.4, 0.5) is 30.4 Å². The average Bonchev–Trinajstić information content (AvgIpc) is 2.88. The zero-order valence-electron chi connectivity index (χ0n) is 22.4. The number of aromatic nitrogens is 1. The number of piperazine rings is 1. The van der Waals surface area contributed by atoms with Crippen LogP contribution in [0.1, 0.15) is 28.4 Å². The van der Waals surface area contributed by atoms with Crippen molar-refractivity contribution in [3.63, 3.8) is 0 Å². The number of carboxylic acids is 2. The van der Waals surface area contributed by atoms with Gasteiger partial charge in [-0.1, -0.05) is 29.8 Å². The van der Waals surface area contributed by atoms with Gasteiger partial charge >= 0.3 is 18.1 Å². The Kier molecular flexibility index (Phi) is 9.48. The summed E-state index contributed by atoms with van der Waals surface area (Å²) >= 11 is 0. The minimum absolute atomic E-state index is 0.0414. The third-order valence-corrected chi connectivity index (χ3v) is 7.58. The van der Waals surface area contributed by atoms with Crippen LogP contribution in [0.25, 0.3) is 0 Å². The summed E-state index contributed by atoms with van der Waals surface area (Å²) in [4.78, 5) is 29.6. The van der Waals surface area contributed by atoms with E-state index >= 15 is 0 Å². The highest BCUT2D eigenvalue weighted by atomic mass is 32.2. The molecule has 2 aromatic carbocycles. The average molecular weight is 595 g/mol. The Bertz CT molecular complexity index is 1510. The van der Waals surface area contributed by atoms with Crippen LogP contribution in [-0.2, 0) is 14.8 Å². The summed E-state index contributed by atoms with van der Waals surface area (Å²) in [5.74, 6) is -3.58. The van der Waals surface area contributed by atoms with Crippen molar-refractivity contribution in [1.29, 1.82) is 0 Å². The van der Waals surface area contributed by atoms with E-state index < -0.39 is 28.1 Å². The van der Waals surface area contributed by atoms with Crippen LogP contribution in [0.2, 0.25) is 0 Å². The molecule has 1 saturated heterocycles. The van der Waals surface area contributed by atoms with Gasteiger partial charge in [0, 0.05) is 31.4 Å². The molecular weight excluding hydrogens is 565 g/mol. The van der Waals surface area contributed by atoms with Gasteiger partial charge in [0.1, 0.15) is 11.4 Å². The van der Waals surface area contributed by atoms with Crippen molar-refractivity contribution in [1.82, 2.24) is 4.98 Å². The second-order valence-electron chi connectivity index (χ2n) is 9.45. The number of aliphatic carboxylic acids is 1. The van der Waals surface area contributed by atoms with Gasteiger partial charge in [0.05, 0.1) is 16.8 Å². The lowest BCUT2D eigenvalue weighted by Crippen LogP contribution is -2.52. The largest absolute Gasteiger partial charge is 0.490 e. The summed E-state index contributed by atoms with van der Waals surface area (Å²) in [6, 6.07) is 16.2. The van der Waals surface area contributed by atoms with Crippen LogP contribution >= 0.6 is 0 Å². The summed E-state index contributed by atoms with van der Waals surface area (Å²) in [5, 5.41) is 17.0. The third kappa shape index (κ3) is 8.10. The molecule has 10 nitrogen and oxygen atoms in total. The molecule has 1 fully saturated rings. The van der Waals surface area contributed by atoms with E-state index in [2.05, 4.69) is 46.7 Å². The summed E-state index contributed by atoms with van der Waals surface area (Å²) in [6.45, 7) is 7.93. The molecule has 1 aliphatic heterocycles. The highest BCUT2D eigenvalue weighted by Gasteiger charge is 2.38. The monoisotopic (exact) mass is 594 g/mol. The Morgan fingerprint density at radius 2 is 1.63 bits per heavy atom. The second kappa shape index (κ2) is 12.5. The molecule has 0 amide bonds. The molecule has 0 radical (unpaired) electrons. The van der Waals surface area contributed by atoms with Crippen LogP contribution in [0, 0.1) is 13.8 Å².